The largest absolute Gasteiger partial charge is 0.492 e. The SMILES string of the molecule is C=C(OCC)c1nc(Cl)ncc1F.CC. The first-order chi connectivity index (χ1) is 7.15. The summed E-state index contributed by atoms with van der Waals surface area (Å²) in [6.45, 7) is 9.68. The predicted molar refractivity (Wildman–Crippen MR) is 59.0 cm³/mol. The smallest absolute Gasteiger partial charge is 0.223 e. The minimum absolute atomic E-state index is 0.00171. The molecule has 0 fully saturated rings. The van der Waals surface area contributed by atoms with Crippen LogP contribution < -0.4 is 0 Å². The Morgan fingerprint density at radius 2 is 2.20 bits per heavy atom. The standard InChI is InChI=1S/C8H8ClFN2O.C2H6/c1-3-13-5(2)7-6(10)4-11-8(9)12-7;1-2/h4H,2-3H2,1H3;1-2H3. The Kier molecular flexibility index (Phi) is 6.62. The highest BCUT2D eigenvalue weighted by Gasteiger charge is 2.09. The molecule has 0 bridgehead atoms. The van der Waals surface area contributed by atoms with E-state index < -0.39 is 5.82 Å². The van der Waals surface area contributed by atoms with Crippen LogP contribution in [0.15, 0.2) is 12.8 Å². The molecule has 0 aliphatic carbocycles. The van der Waals surface area contributed by atoms with Crippen LogP contribution in [-0.2, 0) is 4.74 Å². The highest BCUT2D eigenvalue weighted by atomic mass is 35.5. The molecule has 0 aromatic carbocycles. The number of hydrogen-bond acceptors (Lipinski definition) is 3. The lowest BCUT2D eigenvalue weighted by molar-refractivity contribution is 0.295. The summed E-state index contributed by atoms with van der Waals surface area (Å²) in [5.41, 5.74) is 0.00171. The van der Waals surface area contributed by atoms with Crippen LogP contribution >= 0.6 is 11.6 Å². The molecule has 0 saturated carbocycles. The van der Waals surface area contributed by atoms with Crippen LogP contribution in [-0.4, -0.2) is 16.6 Å². The van der Waals surface area contributed by atoms with Crippen molar-refractivity contribution >= 4 is 17.4 Å². The average Bonchev–Trinajstić information content (AvgIpc) is 2.25. The summed E-state index contributed by atoms with van der Waals surface area (Å²) in [6, 6.07) is 0. The van der Waals surface area contributed by atoms with E-state index >= 15 is 0 Å². The third kappa shape index (κ3) is 4.25. The van der Waals surface area contributed by atoms with E-state index in [0.717, 1.165) is 6.20 Å². The summed E-state index contributed by atoms with van der Waals surface area (Å²) in [5.74, 6) is -0.438. The van der Waals surface area contributed by atoms with Crippen LogP contribution in [0.2, 0.25) is 5.28 Å². The number of halogens is 2. The Bertz CT molecular complexity index is 331. The quantitative estimate of drug-likeness (QED) is 0.593. The van der Waals surface area contributed by atoms with Crippen molar-refractivity contribution in [3.8, 4) is 0 Å². The Hall–Kier alpha value is -1.16. The fourth-order valence-corrected chi connectivity index (χ4v) is 0.917. The highest BCUT2D eigenvalue weighted by molar-refractivity contribution is 6.28. The van der Waals surface area contributed by atoms with Gasteiger partial charge >= 0.3 is 0 Å². The van der Waals surface area contributed by atoms with Crippen LogP contribution in [0.3, 0.4) is 0 Å². The molecular weight excluding hydrogens is 219 g/mol. The highest BCUT2D eigenvalue weighted by Crippen LogP contribution is 2.15. The van der Waals surface area contributed by atoms with Gasteiger partial charge in [-0.25, -0.2) is 14.4 Å². The lowest BCUT2D eigenvalue weighted by atomic mass is 10.3. The average molecular weight is 233 g/mol. The van der Waals surface area contributed by atoms with Crippen LogP contribution in [0.25, 0.3) is 5.76 Å². The second kappa shape index (κ2) is 7.17. The molecule has 0 amide bonds. The summed E-state index contributed by atoms with van der Waals surface area (Å²) in [7, 11) is 0. The van der Waals surface area contributed by atoms with Gasteiger partial charge in [-0.2, -0.15) is 0 Å². The number of rotatable bonds is 3. The molecule has 84 valence electrons. The molecule has 5 heteroatoms. The van der Waals surface area contributed by atoms with Gasteiger partial charge < -0.3 is 4.74 Å². The van der Waals surface area contributed by atoms with Gasteiger partial charge in [0.1, 0.15) is 11.5 Å². The molecule has 0 unspecified atom stereocenters. The van der Waals surface area contributed by atoms with Gasteiger partial charge in [0.05, 0.1) is 12.8 Å². The van der Waals surface area contributed by atoms with E-state index in [-0.39, 0.29) is 16.7 Å². The van der Waals surface area contributed by atoms with E-state index in [0.29, 0.717) is 6.61 Å². The van der Waals surface area contributed by atoms with Gasteiger partial charge in [-0.15, -0.1) is 0 Å². The molecule has 1 heterocycles. The lowest BCUT2D eigenvalue weighted by Gasteiger charge is -2.06. The maximum Gasteiger partial charge on any atom is 0.223 e. The summed E-state index contributed by atoms with van der Waals surface area (Å²) in [4.78, 5) is 7.11. The Morgan fingerprint density at radius 3 is 2.73 bits per heavy atom. The molecule has 0 atom stereocenters. The molecule has 0 radical (unpaired) electrons. The van der Waals surface area contributed by atoms with Crippen molar-refractivity contribution in [2.24, 2.45) is 0 Å². The monoisotopic (exact) mass is 232 g/mol. The van der Waals surface area contributed by atoms with Gasteiger partial charge in [0.2, 0.25) is 5.28 Å². The Balaban J connectivity index is 0.000000921. The van der Waals surface area contributed by atoms with Crippen LogP contribution in [0.5, 0.6) is 0 Å². The van der Waals surface area contributed by atoms with Crippen LogP contribution in [0, 0.1) is 5.82 Å². The molecular formula is C10H14ClFN2O. The van der Waals surface area contributed by atoms with Crippen molar-refractivity contribution in [1.29, 1.82) is 0 Å². The zero-order chi connectivity index (χ0) is 11.8. The molecule has 3 nitrogen and oxygen atoms in total. The van der Waals surface area contributed by atoms with Crippen LogP contribution in [0.4, 0.5) is 4.39 Å². The summed E-state index contributed by atoms with van der Waals surface area (Å²) in [5, 5.41) is -0.0303. The summed E-state index contributed by atoms with van der Waals surface area (Å²) >= 11 is 5.48. The van der Waals surface area contributed by atoms with E-state index in [9.17, 15) is 4.39 Å². The van der Waals surface area contributed by atoms with Crippen molar-refractivity contribution in [1.82, 2.24) is 9.97 Å². The first-order valence-electron chi connectivity index (χ1n) is 4.65. The van der Waals surface area contributed by atoms with Crippen molar-refractivity contribution in [2.75, 3.05) is 6.61 Å². The molecule has 0 aliphatic rings. The number of ether oxygens (including phenoxy) is 1. The van der Waals surface area contributed by atoms with E-state index in [1.54, 1.807) is 6.92 Å². The van der Waals surface area contributed by atoms with Gasteiger partial charge in [-0.1, -0.05) is 20.4 Å². The number of nitrogens with zero attached hydrogens (tertiary/aromatic N) is 2. The van der Waals surface area contributed by atoms with E-state index in [1.807, 2.05) is 13.8 Å². The third-order valence-electron chi connectivity index (χ3n) is 1.30. The predicted octanol–water partition coefficient (Wildman–Crippen LogP) is 3.30. The van der Waals surface area contributed by atoms with Crippen LogP contribution in [0.1, 0.15) is 26.5 Å². The Morgan fingerprint density at radius 1 is 1.60 bits per heavy atom. The van der Waals surface area contributed by atoms with E-state index in [1.165, 1.54) is 0 Å². The minimum atomic E-state index is -0.595. The van der Waals surface area contributed by atoms with Crippen molar-refractivity contribution in [2.45, 2.75) is 20.8 Å². The number of aromatic nitrogens is 2. The number of hydrogen-bond donors (Lipinski definition) is 0. The molecule has 15 heavy (non-hydrogen) atoms. The van der Waals surface area contributed by atoms with E-state index in [4.69, 9.17) is 16.3 Å². The lowest BCUT2D eigenvalue weighted by Crippen LogP contribution is -1.99. The van der Waals surface area contributed by atoms with Gasteiger partial charge in [0, 0.05) is 0 Å². The molecule has 1 aromatic heterocycles. The molecule has 1 rings (SSSR count). The molecule has 0 spiro atoms. The molecule has 0 aliphatic heterocycles. The minimum Gasteiger partial charge on any atom is -0.492 e. The normalized spacial score (nSPS) is 8.87. The zero-order valence-corrected chi connectivity index (χ0v) is 9.81. The third-order valence-corrected chi connectivity index (χ3v) is 1.48. The van der Waals surface area contributed by atoms with Gasteiger partial charge in [-0.05, 0) is 18.5 Å². The van der Waals surface area contributed by atoms with Crippen molar-refractivity contribution in [3.05, 3.63) is 29.6 Å². The fourth-order valence-electron chi connectivity index (χ4n) is 0.784. The molecule has 0 saturated heterocycles. The van der Waals surface area contributed by atoms with Gasteiger partial charge in [0.15, 0.2) is 5.82 Å². The summed E-state index contributed by atoms with van der Waals surface area (Å²) < 4.78 is 18.0. The second-order valence-electron chi connectivity index (χ2n) is 2.19. The van der Waals surface area contributed by atoms with Gasteiger partial charge in [-0.3, -0.25) is 0 Å². The first kappa shape index (κ1) is 13.8. The first-order valence-corrected chi connectivity index (χ1v) is 5.03. The van der Waals surface area contributed by atoms with Crippen molar-refractivity contribution in [3.63, 3.8) is 0 Å². The summed E-state index contributed by atoms with van der Waals surface area (Å²) in [6.07, 6.45) is 0.981. The molecule has 0 N–H and O–H groups in total. The second-order valence-corrected chi connectivity index (χ2v) is 2.53. The maximum atomic E-state index is 13.0. The topological polar surface area (TPSA) is 35.0 Å². The zero-order valence-electron chi connectivity index (χ0n) is 9.05. The van der Waals surface area contributed by atoms with Crippen molar-refractivity contribution < 1.29 is 9.13 Å². The molecule has 1 aromatic rings. The Labute approximate surface area is 94.0 Å². The maximum absolute atomic E-state index is 13.0. The fraction of sp³-hybridized carbons (Fsp3) is 0.400. The van der Waals surface area contributed by atoms with E-state index in [2.05, 4.69) is 16.5 Å². The van der Waals surface area contributed by atoms with Gasteiger partial charge in [0.25, 0.3) is 0 Å².